The molecule has 2 aromatic carbocycles. The molecule has 2 rings (SSSR count). The van der Waals surface area contributed by atoms with Crippen LogP contribution >= 0.6 is 0 Å². The van der Waals surface area contributed by atoms with Crippen LogP contribution in [-0.2, 0) is 16.6 Å². The van der Waals surface area contributed by atoms with E-state index in [1.54, 1.807) is 0 Å². The maximum absolute atomic E-state index is 12.9. The zero-order valence-corrected chi connectivity index (χ0v) is 16.1. The van der Waals surface area contributed by atoms with Crippen LogP contribution < -0.4 is 16.2 Å². The van der Waals surface area contributed by atoms with Crippen molar-refractivity contribution in [2.24, 2.45) is 0 Å². The minimum atomic E-state index is -0.505. The summed E-state index contributed by atoms with van der Waals surface area (Å²) < 4.78 is 12.9. The van der Waals surface area contributed by atoms with Gasteiger partial charge in [0.05, 0.1) is 12.5 Å². The normalized spacial score (nSPS) is 12.2. The van der Waals surface area contributed by atoms with Crippen LogP contribution in [0.25, 0.3) is 0 Å². The van der Waals surface area contributed by atoms with E-state index in [9.17, 15) is 14.0 Å². The van der Waals surface area contributed by atoms with Crippen LogP contribution in [0.1, 0.15) is 50.4 Å². The summed E-state index contributed by atoms with van der Waals surface area (Å²) in [4.78, 5) is 23.8. The maximum Gasteiger partial charge on any atom is 0.333 e. The monoisotopic (exact) mass is 371 g/mol. The Labute approximate surface area is 159 Å². The number of benzene rings is 2. The van der Waals surface area contributed by atoms with Crippen LogP contribution in [0, 0.1) is 5.82 Å². The Hall–Kier alpha value is -2.89. The molecule has 1 unspecified atom stereocenters. The van der Waals surface area contributed by atoms with Gasteiger partial charge in [-0.1, -0.05) is 57.2 Å². The van der Waals surface area contributed by atoms with Crippen molar-refractivity contribution in [2.45, 2.75) is 45.6 Å². The summed E-state index contributed by atoms with van der Waals surface area (Å²) in [5.41, 5.74) is 7.58. The van der Waals surface area contributed by atoms with Gasteiger partial charge < -0.3 is 5.32 Å². The van der Waals surface area contributed by atoms with Gasteiger partial charge in [-0.2, -0.15) is 0 Å². The third-order valence-corrected chi connectivity index (χ3v) is 4.22. The fourth-order valence-electron chi connectivity index (χ4n) is 2.55. The Kier molecular flexibility index (Phi) is 6.55. The van der Waals surface area contributed by atoms with Gasteiger partial charge in [-0.05, 0) is 41.2 Å². The molecule has 0 fully saturated rings. The molecule has 0 aromatic heterocycles. The highest BCUT2D eigenvalue weighted by molar-refractivity contribution is 5.82. The summed E-state index contributed by atoms with van der Waals surface area (Å²) in [6, 6.07) is 13.0. The van der Waals surface area contributed by atoms with E-state index < -0.39 is 6.03 Å². The molecule has 0 aliphatic heterocycles. The molecular formula is C21H26FN3O2. The van der Waals surface area contributed by atoms with E-state index in [4.69, 9.17) is 0 Å². The van der Waals surface area contributed by atoms with E-state index >= 15 is 0 Å². The number of hydrogen-bond acceptors (Lipinski definition) is 2. The first-order valence-corrected chi connectivity index (χ1v) is 8.85. The summed E-state index contributed by atoms with van der Waals surface area (Å²) in [6.45, 7) is 8.30. The lowest BCUT2D eigenvalue weighted by atomic mass is 9.86. The van der Waals surface area contributed by atoms with Crippen molar-refractivity contribution in [3.8, 4) is 0 Å². The van der Waals surface area contributed by atoms with Crippen molar-refractivity contribution < 1.29 is 14.0 Å². The molecular weight excluding hydrogens is 345 g/mol. The number of carbonyl (C=O) groups is 2. The smallest absolute Gasteiger partial charge is 0.330 e. The molecule has 6 heteroatoms. The van der Waals surface area contributed by atoms with Crippen molar-refractivity contribution >= 4 is 11.9 Å². The van der Waals surface area contributed by atoms with Gasteiger partial charge in [-0.25, -0.2) is 14.6 Å². The van der Waals surface area contributed by atoms with E-state index in [-0.39, 0.29) is 29.6 Å². The molecule has 0 bridgehead atoms. The second-order valence-corrected chi connectivity index (χ2v) is 7.54. The zero-order valence-electron chi connectivity index (χ0n) is 16.1. The van der Waals surface area contributed by atoms with Gasteiger partial charge in [0.1, 0.15) is 5.82 Å². The van der Waals surface area contributed by atoms with Crippen molar-refractivity contribution in [2.75, 3.05) is 0 Å². The summed E-state index contributed by atoms with van der Waals surface area (Å²) in [7, 11) is 0. The van der Waals surface area contributed by atoms with Gasteiger partial charge in [0.25, 0.3) is 0 Å². The topological polar surface area (TPSA) is 70.2 Å². The molecule has 3 amide bonds. The maximum atomic E-state index is 12.9. The number of hydrazine groups is 1. The van der Waals surface area contributed by atoms with Crippen LogP contribution in [0.15, 0.2) is 48.5 Å². The van der Waals surface area contributed by atoms with Crippen molar-refractivity contribution in [3.63, 3.8) is 0 Å². The quantitative estimate of drug-likeness (QED) is 0.716. The van der Waals surface area contributed by atoms with Gasteiger partial charge in [-0.3, -0.25) is 10.2 Å². The number of hydrogen-bond donors (Lipinski definition) is 3. The molecule has 0 saturated heterocycles. The van der Waals surface area contributed by atoms with Crippen molar-refractivity contribution in [3.05, 3.63) is 71.0 Å². The van der Waals surface area contributed by atoms with Crippen LogP contribution in [0.4, 0.5) is 9.18 Å². The van der Waals surface area contributed by atoms with Crippen LogP contribution in [0.5, 0.6) is 0 Å². The van der Waals surface area contributed by atoms with E-state index in [0.29, 0.717) is 5.56 Å². The average Bonchev–Trinajstić information content (AvgIpc) is 2.61. The number of nitrogens with one attached hydrogen (secondary N) is 3. The highest BCUT2D eigenvalue weighted by Crippen LogP contribution is 2.23. The Morgan fingerprint density at radius 2 is 1.56 bits per heavy atom. The van der Waals surface area contributed by atoms with Crippen LogP contribution in [0.3, 0.4) is 0 Å². The lowest BCUT2D eigenvalue weighted by molar-refractivity contribution is -0.121. The number of carbonyl (C=O) groups excluding carboxylic acids is 2. The molecule has 1 atom stereocenters. The molecule has 27 heavy (non-hydrogen) atoms. The van der Waals surface area contributed by atoms with Gasteiger partial charge in [-0.15, -0.1) is 0 Å². The second kappa shape index (κ2) is 8.66. The van der Waals surface area contributed by atoms with E-state index in [1.807, 2.05) is 19.1 Å². The molecule has 0 spiro atoms. The number of halogens is 1. The zero-order chi connectivity index (χ0) is 20.0. The predicted molar refractivity (Wildman–Crippen MR) is 103 cm³/mol. The molecule has 0 heterocycles. The third kappa shape index (κ3) is 6.40. The number of amides is 3. The lowest BCUT2D eigenvalue weighted by Gasteiger charge is -2.21. The molecule has 0 aliphatic carbocycles. The minimum absolute atomic E-state index is 0.0460. The molecule has 0 aliphatic rings. The SMILES string of the molecule is CC(NC(=O)NNC(=O)Cc1ccc(F)cc1)c1ccc(C(C)(C)C)cc1. The molecule has 5 nitrogen and oxygen atoms in total. The first-order chi connectivity index (χ1) is 12.6. The van der Waals surface area contributed by atoms with E-state index in [2.05, 4.69) is 49.1 Å². The second-order valence-electron chi connectivity index (χ2n) is 7.54. The molecule has 2 aromatic rings. The minimum Gasteiger partial charge on any atom is -0.330 e. The first-order valence-electron chi connectivity index (χ1n) is 8.85. The van der Waals surface area contributed by atoms with Gasteiger partial charge in [0.2, 0.25) is 5.91 Å². The number of urea groups is 1. The standard InChI is InChI=1S/C21H26FN3O2/c1-14(16-7-9-17(10-8-16)21(2,3)4)23-20(27)25-24-19(26)13-15-5-11-18(22)12-6-15/h5-12,14H,13H2,1-4H3,(H,24,26)(H2,23,25,27). The highest BCUT2D eigenvalue weighted by atomic mass is 19.1. The van der Waals surface area contributed by atoms with E-state index in [0.717, 1.165) is 5.56 Å². The first kappa shape index (κ1) is 20.4. The van der Waals surface area contributed by atoms with Crippen molar-refractivity contribution in [1.29, 1.82) is 0 Å². The largest absolute Gasteiger partial charge is 0.333 e. The van der Waals surface area contributed by atoms with Gasteiger partial charge in [0, 0.05) is 0 Å². The summed E-state index contributed by atoms with van der Waals surface area (Å²) in [6.07, 6.45) is 0.0460. The number of rotatable bonds is 4. The summed E-state index contributed by atoms with van der Waals surface area (Å²) >= 11 is 0. The fourth-order valence-corrected chi connectivity index (χ4v) is 2.55. The molecule has 144 valence electrons. The van der Waals surface area contributed by atoms with Gasteiger partial charge >= 0.3 is 6.03 Å². The molecule has 0 saturated carbocycles. The summed E-state index contributed by atoms with van der Waals surface area (Å²) in [5, 5.41) is 2.77. The third-order valence-electron chi connectivity index (χ3n) is 4.22. The highest BCUT2D eigenvalue weighted by Gasteiger charge is 2.15. The molecule has 0 radical (unpaired) electrons. The fraction of sp³-hybridized carbons (Fsp3) is 0.333. The van der Waals surface area contributed by atoms with Crippen LogP contribution in [0.2, 0.25) is 0 Å². The van der Waals surface area contributed by atoms with Crippen LogP contribution in [-0.4, -0.2) is 11.9 Å². The van der Waals surface area contributed by atoms with Crippen molar-refractivity contribution in [1.82, 2.24) is 16.2 Å². The summed E-state index contributed by atoms with van der Waals surface area (Å²) in [5.74, 6) is -0.750. The average molecular weight is 371 g/mol. The Bertz CT molecular complexity index is 781. The predicted octanol–water partition coefficient (Wildman–Crippen LogP) is 3.76. The molecule has 3 N–H and O–H groups in total. The Balaban J connectivity index is 1.80. The van der Waals surface area contributed by atoms with E-state index in [1.165, 1.54) is 29.8 Å². The van der Waals surface area contributed by atoms with Gasteiger partial charge in [0.15, 0.2) is 0 Å². The Morgan fingerprint density at radius 1 is 0.963 bits per heavy atom. The lowest BCUT2D eigenvalue weighted by Crippen LogP contribution is -2.48. The Morgan fingerprint density at radius 3 is 2.11 bits per heavy atom.